The summed E-state index contributed by atoms with van der Waals surface area (Å²) in [6.45, 7) is 4.48. The largest absolute Gasteiger partial charge is 0.494 e. The minimum atomic E-state index is -0.527. The van der Waals surface area contributed by atoms with E-state index in [1.54, 1.807) is 37.3 Å². The lowest BCUT2D eigenvalue weighted by Gasteiger charge is -2.10. The maximum Gasteiger partial charge on any atom is 0.287 e. The van der Waals surface area contributed by atoms with Gasteiger partial charge in [-0.15, -0.1) is 0 Å². The molecule has 0 radical (unpaired) electrons. The summed E-state index contributed by atoms with van der Waals surface area (Å²) in [6, 6.07) is 25.5. The summed E-state index contributed by atoms with van der Waals surface area (Å²) in [6.07, 6.45) is 2.52. The zero-order valence-electron chi connectivity index (χ0n) is 18.7. The van der Waals surface area contributed by atoms with Gasteiger partial charge < -0.3 is 10.1 Å². The Labute approximate surface area is 194 Å². The number of rotatable bonds is 9. The van der Waals surface area contributed by atoms with Gasteiger partial charge in [0.1, 0.15) is 11.4 Å². The van der Waals surface area contributed by atoms with Gasteiger partial charge in [-0.3, -0.25) is 9.59 Å². The van der Waals surface area contributed by atoms with Gasteiger partial charge in [-0.25, -0.2) is 5.43 Å². The summed E-state index contributed by atoms with van der Waals surface area (Å²) in [7, 11) is 0. The van der Waals surface area contributed by atoms with E-state index in [9.17, 15) is 9.59 Å². The van der Waals surface area contributed by atoms with Gasteiger partial charge in [0.05, 0.1) is 12.3 Å². The van der Waals surface area contributed by atoms with Gasteiger partial charge >= 0.3 is 0 Å². The molecule has 0 saturated heterocycles. The third-order valence-corrected chi connectivity index (χ3v) is 4.71. The van der Waals surface area contributed by atoms with Crippen LogP contribution in [-0.4, -0.2) is 24.1 Å². The van der Waals surface area contributed by atoms with Crippen LogP contribution in [0.5, 0.6) is 5.75 Å². The second kappa shape index (κ2) is 12.0. The Balaban J connectivity index is 1.82. The molecular formula is C27H27N3O3. The fourth-order valence-corrected chi connectivity index (χ4v) is 2.93. The van der Waals surface area contributed by atoms with E-state index in [2.05, 4.69) is 15.8 Å². The number of amides is 2. The molecule has 0 aliphatic heterocycles. The molecule has 6 heteroatoms. The summed E-state index contributed by atoms with van der Waals surface area (Å²) in [5, 5.41) is 6.89. The highest BCUT2D eigenvalue weighted by molar-refractivity contribution is 6.06. The monoisotopic (exact) mass is 441 g/mol. The maximum atomic E-state index is 12.9. The highest BCUT2D eigenvalue weighted by Crippen LogP contribution is 2.15. The lowest BCUT2D eigenvalue weighted by Crippen LogP contribution is -2.33. The average molecular weight is 442 g/mol. The van der Waals surface area contributed by atoms with E-state index in [0.717, 1.165) is 23.3 Å². The number of carbonyl (C=O) groups is 2. The first kappa shape index (κ1) is 23.5. The molecule has 3 aromatic rings. The van der Waals surface area contributed by atoms with Crippen molar-refractivity contribution >= 4 is 23.6 Å². The van der Waals surface area contributed by atoms with Gasteiger partial charge in [0, 0.05) is 5.56 Å². The molecule has 3 aromatic carbocycles. The first-order valence-corrected chi connectivity index (χ1v) is 10.8. The second-order valence-electron chi connectivity index (χ2n) is 7.30. The summed E-state index contributed by atoms with van der Waals surface area (Å²) in [5.74, 6) is -0.166. The fourth-order valence-electron chi connectivity index (χ4n) is 2.93. The number of benzene rings is 3. The Hall–Kier alpha value is -4.19. The SMILES string of the molecule is CCCOc1ccc(C=C(NC(=O)c2ccccc2)C(=O)NN=C(C)c2ccccc2)cc1. The molecule has 0 aliphatic carbocycles. The number of carbonyl (C=O) groups excluding carboxylic acids is 2. The van der Waals surface area contributed by atoms with Gasteiger partial charge in [-0.2, -0.15) is 5.10 Å². The number of nitrogens with one attached hydrogen (secondary N) is 2. The molecule has 0 aliphatic rings. The minimum absolute atomic E-state index is 0.0793. The van der Waals surface area contributed by atoms with Gasteiger partial charge in [-0.1, -0.05) is 67.6 Å². The lowest BCUT2D eigenvalue weighted by atomic mass is 10.1. The lowest BCUT2D eigenvalue weighted by molar-refractivity contribution is -0.117. The summed E-state index contributed by atoms with van der Waals surface area (Å²) >= 11 is 0. The van der Waals surface area contributed by atoms with Crippen LogP contribution >= 0.6 is 0 Å². The molecule has 168 valence electrons. The quantitative estimate of drug-likeness (QED) is 0.285. The maximum absolute atomic E-state index is 12.9. The molecule has 6 nitrogen and oxygen atoms in total. The van der Waals surface area contributed by atoms with Crippen molar-refractivity contribution in [1.29, 1.82) is 0 Å². The Bertz CT molecular complexity index is 1120. The summed E-state index contributed by atoms with van der Waals surface area (Å²) in [5.41, 5.74) is 5.34. The van der Waals surface area contributed by atoms with Crippen LogP contribution in [0.15, 0.2) is 95.7 Å². The van der Waals surface area contributed by atoms with E-state index in [0.29, 0.717) is 17.9 Å². The zero-order chi connectivity index (χ0) is 23.5. The molecule has 0 saturated carbocycles. The number of hydrazone groups is 1. The smallest absolute Gasteiger partial charge is 0.287 e. The van der Waals surface area contributed by atoms with E-state index >= 15 is 0 Å². The summed E-state index contributed by atoms with van der Waals surface area (Å²) < 4.78 is 5.60. The van der Waals surface area contributed by atoms with Crippen molar-refractivity contribution in [2.75, 3.05) is 6.61 Å². The molecule has 0 spiro atoms. The van der Waals surface area contributed by atoms with E-state index in [-0.39, 0.29) is 11.6 Å². The van der Waals surface area contributed by atoms with Crippen molar-refractivity contribution in [3.05, 3.63) is 107 Å². The van der Waals surface area contributed by atoms with Crippen LogP contribution < -0.4 is 15.5 Å². The molecule has 0 fully saturated rings. The van der Waals surface area contributed by atoms with Crippen LogP contribution in [-0.2, 0) is 4.79 Å². The van der Waals surface area contributed by atoms with Crippen molar-refractivity contribution in [2.24, 2.45) is 5.10 Å². The third-order valence-electron chi connectivity index (χ3n) is 4.71. The number of hydrogen-bond acceptors (Lipinski definition) is 4. The van der Waals surface area contributed by atoms with Crippen LogP contribution in [0.2, 0.25) is 0 Å². The molecule has 0 aromatic heterocycles. The van der Waals surface area contributed by atoms with E-state index in [1.807, 2.05) is 67.6 Å². The Kier molecular flexibility index (Phi) is 8.54. The number of hydrogen-bond donors (Lipinski definition) is 2. The molecule has 0 atom stereocenters. The van der Waals surface area contributed by atoms with Crippen LogP contribution in [0.25, 0.3) is 6.08 Å². The predicted octanol–water partition coefficient (Wildman–Crippen LogP) is 4.79. The van der Waals surface area contributed by atoms with Gasteiger partial charge in [0.15, 0.2) is 0 Å². The first-order valence-electron chi connectivity index (χ1n) is 10.8. The molecule has 33 heavy (non-hydrogen) atoms. The zero-order valence-corrected chi connectivity index (χ0v) is 18.7. The second-order valence-corrected chi connectivity index (χ2v) is 7.30. The Morgan fingerprint density at radius 2 is 1.48 bits per heavy atom. The van der Waals surface area contributed by atoms with Gasteiger partial charge in [0.2, 0.25) is 0 Å². The van der Waals surface area contributed by atoms with Crippen LogP contribution in [0.1, 0.15) is 41.8 Å². The molecule has 0 heterocycles. The first-order chi connectivity index (χ1) is 16.1. The minimum Gasteiger partial charge on any atom is -0.494 e. The van der Waals surface area contributed by atoms with E-state index < -0.39 is 5.91 Å². The van der Waals surface area contributed by atoms with E-state index in [4.69, 9.17) is 4.74 Å². The summed E-state index contributed by atoms with van der Waals surface area (Å²) in [4.78, 5) is 25.6. The number of nitrogens with zero attached hydrogens (tertiary/aromatic N) is 1. The molecule has 2 amide bonds. The van der Waals surface area contributed by atoms with Gasteiger partial charge in [0.25, 0.3) is 11.8 Å². The van der Waals surface area contributed by atoms with Crippen molar-refractivity contribution in [2.45, 2.75) is 20.3 Å². The number of ether oxygens (including phenoxy) is 1. The van der Waals surface area contributed by atoms with Crippen molar-refractivity contribution < 1.29 is 14.3 Å². The molecule has 3 rings (SSSR count). The van der Waals surface area contributed by atoms with Crippen molar-refractivity contribution in [3.8, 4) is 5.75 Å². The molecular weight excluding hydrogens is 414 g/mol. The predicted molar refractivity (Wildman–Crippen MR) is 131 cm³/mol. The molecule has 0 unspecified atom stereocenters. The van der Waals surface area contributed by atoms with Crippen molar-refractivity contribution in [1.82, 2.24) is 10.7 Å². The topological polar surface area (TPSA) is 79.8 Å². The third kappa shape index (κ3) is 7.18. The highest BCUT2D eigenvalue weighted by atomic mass is 16.5. The fraction of sp³-hybridized carbons (Fsp3) is 0.148. The Morgan fingerprint density at radius 1 is 0.879 bits per heavy atom. The standard InChI is InChI=1S/C27H27N3O3/c1-3-18-33-24-16-14-21(15-17-24)19-25(28-26(31)23-12-8-5-9-13-23)27(32)30-29-20(2)22-10-6-4-7-11-22/h4-17,19H,3,18H2,1-2H3,(H,28,31)(H,30,32). The van der Waals surface area contributed by atoms with Crippen LogP contribution in [0.4, 0.5) is 0 Å². The van der Waals surface area contributed by atoms with Crippen LogP contribution in [0, 0.1) is 0 Å². The highest BCUT2D eigenvalue weighted by Gasteiger charge is 2.14. The van der Waals surface area contributed by atoms with Crippen LogP contribution in [0.3, 0.4) is 0 Å². The molecule has 0 bridgehead atoms. The van der Waals surface area contributed by atoms with Crippen molar-refractivity contribution in [3.63, 3.8) is 0 Å². The van der Waals surface area contributed by atoms with Gasteiger partial charge in [-0.05, 0) is 54.8 Å². The average Bonchev–Trinajstić information content (AvgIpc) is 2.87. The Morgan fingerprint density at radius 3 is 2.09 bits per heavy atom. The normalized spacial score (nSPS) is 11.6. The van der Waals surface area contributed by atoms with E-state index in [1.165, 1.54) is 0 Å². The molecule has 2 N–H and O–H groups in total.